The van der Waals surface area contributed by atoms with Crippen LogP contribution < -0.4 is 10.6 Å². The highest BCUT2D eigenvalue weighted by Gasteiger charge is 2.06. The van der Waals surface area contributed by atoms with Crippen molar-refractivity contribution in [2.75, 3.05) is 15.1 Å². The van der Waals surface area contributed by atoms with E-state index in [9.17, 15) is 0 Å². The number of rotatable bonds is 10. The predicted molar refractivity (Wildman–Crippen MR) is 111 cm³/mol. The molecule has 0 spiro atoms. The lowest BCUT2D eigenvalue weighted by atomic mass is 10.1. The highest BCUT2D eigenvalue weighted by Crippen LogP contribution is 2.20. The van der Waals surface area contributed by atoms with Crippen molar-refractivity contribution in [2.45, 2.75) is 45.1 Å². The van der Waals surface area contributed by atoms with Gasteiger partial charge in [0.25, 0.3) is 0 Å². The van der Waals surface area contributed by atoms with E-state index in [4.69, 9.17) is 0 Å². The smallest absolute Gasteiger partial charge is 0.0385 e. The maximum absolute atomic E-state index is 3.66. The van der Waals surface area contributed by atoms with Crippen molar-refractivity contribution in [1.82, 2.24) is 0 Å². The van der Waals surface area contributed by atoms with Gasteiger partial charge in [-0.25, -0.2) is 0 Å². The zero-order valence-corrected chi connectivity index (χ0v) is 16.1. The summed E-state index contributed by atoms with van der Waals surface area (Å²) in [5.74, 6) is 0. The van der Waals surface area contributed by atoms with Crippen LogP contribution in [-0.4, -0.2) is 10.5 Å². The third kappa shape index (κ3) is 6.81. The Kier molecular flexibility index (Phi) is 8.29. The second-order valence-electron chi connectivity index (χ2n) is 5.91. The highest BCUT2D eigenvalue weighted by atomic mass is 127. The van der Waals surface area contributed by atoms with Gasteiger partial charge in [-0.15, -0.1) is 0 Å². The molecule has 2 N–H and O–H groups in total. The first-order valence-corrected chi connectivity index (χ1v) is 10.1. The molecule has 0 aliphatic heterocycles. The maximum Gasteiger partial charge on any atom is 0.0385 e. The maximum atomic E-state index is 3.66. The van der Waals surface area contributed by atoms with Crippen LogP contribution in [0.5, 0.6) is 0 Å². The number of nitrogens with one attached hydrogen (secondary N) is 2. The summed E-state index contributed by atoms with van der Waals surface area (Å²) in [5.41, 5.74) is 3.45. The summed E-state index contributed by atoms with van der Waals surface area (Å²) >= 11 is 2.48. The molecule has 0 heterocycles. The first-order valence-electron chi connectivity index (χ1n) is 8.56. The van der Waals surface area contributed by atoms with Crippen molar-refractivity contribution >= 4 is 39.7 Å². The molecule has 0 saturated carbocycles. The summed E-state index contributed by atoms with van der Waals surface area (Å²) in [7, 11) is 0. The molecule has 2 rings (SSSR count). The molecule has 3 heteroatoms. The van der Waals surface area contributed by atoms with Crippen molar-refractivity contribution in [3.63, 3.8) is 0 Å². The molecule has 124 valence electrons. The Balaban J connectivity index is 1.83. The summed E-state index contributed by atoms with van der Waals surface area (Å²) in [4.78, 5) is 0. The van der Waals surface area contributed by atoms with Crippen LogP contribution in [0.25, 0.3) is 0 Å². The topological polar surface area (TPSA) is 24.1 Å². The molecule has 0 bridgehead atoms. The predicted octanol–water partition coefficient (Wildman–Crippen LogP) is 6.62. The number of halogens is 1. The van der Waals surface area contributed by atoms with Gasteiger partial charge in [0.2, 0.25) is 0 Å². The molecule has 0 aliphatic rings. The Morgan fingerprint density at radius 2 is 1.48 bits per heavy atom. The largest absolute Gasteiger partial charge is 0.382 e. The van der Waals surface area contributed by atoms with E-state index in [0.29, 0.717) is 6.04 Å². The Bertz CT molecular complexity index is 539. The number of unbranched alkanes of at least 4 members (excludes halogenated alkanes) is 3. The molecule has 23 heavy (non-hydrogen) atoms. The molecular weight excluding hydrogens is 395 g/mol. The minimum Gasteiger partial charge on any atom is -0.382 e. The van der Waals surface area contributed by atoms with Crippen LogP contribution in [0.1, 0.15) is 39.0 Å². The van der Waals surface area contributed by atoms with E-state index in [2.05, 4.69) is 76.5 Å². The van der Waals surface area contributed by atoms with Crippen LogP contribution in [-0.2, 0) is 0 Å². The van der Waals surface area contributed by atoms with Gasteiger partial charge >= 0.3 is 0 Å². The van der Waals surface area contributed by atoms with Gasteiger partial charge in [0.05, 0.1) is 0 Å². The van der Waals surface area contributed by atoms with E-state index in [1.165, 1.54) is 37.8 Å². The molecule has 2 nitrogen and oxygen atoms in total. The molecule has 2 aromatic rings. The third-order valence-electron chi connectivity index (χ3n) is 3.91. The summed E-state index contributed by atoms with van der Waals surface area (Å²) < 4.78 is 1.15. The Morgan fingerprint density at radius 3 is 2.13 bits per heavy atom. The second-order valence-corrected chi connectivity index (χ2v) is 6.79. The summed E-state index contributed by atoms with van der Waals surface area (Å²) in [5, 5.41) is 7.08. The van der Waals surface area contributed by atoms with Gasteiger partial charge in [-0.1, -0.05) is 73.4 Å². The van der Waals surface area contributed by atoms with E-state index in [1.54, 1.807) is 0 Å². The fourth-order valence-corrected chi connectivity index (χ4v) is 3.24. The van der Waals surface area contributed by atoms with Crippen molar-refractivity contribution in [3.8, 4) is 0 Å². The molecule has 0 fully saturated rings. The average molecular weight is 422 g/mol. The number of benzene rings is 2. The van der Waals surface area contributed by atoms with Gasteiger partial charge in [-0.2, -0.15) is 0 Å². The van der Waals surface area contributed by atoms with Crippen LogP contribution >= 0.6 is 22.6 Å². The van der Waals surface area contributed by atoms with E-state index in [1.807, 2.05) is 18.2 Å². The van der Waals surface area contributed by atoms with E-state index < -0.39 is 0 Å². The lowest BCUT2D eigenvalue weighted by Crippen LogP contribution is -2.20. The van der Waals surface area contributed by atoms with Gasteiger partial charge < -0.3 is 10.6 Å². The lowest BCUT2D eigenvalue weighted by molar-refractivity contribution is 0.600. The van der Waals surface area contributed by atoms with Crippen molar-refractivity contribution in [1.29, 1.82) is 0 Å². The number of anilines is 3. The van der Waals surface area contributed by atoms with E-state index in [-0.39, 0.29) is 0 Å². The first-order chi connectivity index (χ1) is 11.3. The fraction of sp³-hybridized carbons (Fsp3) is 0.400. The fourth-order valence-electron chi connectivity index (χ4n) is 2.58. The molecule has 2 aromatic carbocycles. The van der Waals surface area contributed by atoms with Crippen molar-refractivity contribution < 1.29 is 0 Å². The number of para-hydroxylation sites is 1. The molecule has 1 unspecified atom stereocenters. The summed E-state index contributed by atoms with van der Waals surface area (Å²) in [6.45, 7) is 2.26. The van der Waals surface area contributed by atoms with Crippen molar-refractivity contribution in [2.24, 2.45) is 0 Å². The van der Waals surface area contributed by atoms with E-state index in [0.717, 1.165) is 15.8 Å². The molecule has 0 aliphatic carbocycles. The third-order valence-corrected chi connectivity index (χ3v) is 4.97. The minimum atomic E-state index is 0.570. The quantitative estimate of drug-likeness (QED) is 0.256. The Morgan fingerprint density at radius 1 is 0.826 bits per heavy atom. The highest BCUT2D eigenvalue weighted by molar-refractivity contribution is 14.1. The normalized spacial score (nSPS) is 11.9. The summed E-state index contributed by atoms with van der Waals surface area (Å²) in [6, 6.07) is 19.4. The van der Waals surface area contributed by atoms with Gasteiger partial charge in [0.1, 0.15) is 0 Å². The Hall–Kier alpha value is -1.23. The van der Waals surface area contributed by atoms with Gasteiger partial charge in [0, 0.05) is 27.5 Å². The zero-order chi connectivity index (χ0) is 16.3. The molecule has 0 radical (unpaired) electrons. The van der Waals surface area contributed by atoms with Gasteiger partial charge in [0.15, 0.2) is 0 Å². The monoisotopic (exact) mass is 422 g/mol. The average Bonchev–Trinajstić information content (AvgIpc) is 2.60. The standard InChI is InChI=1S/C20H27IN2/c1-2-3-4-6-11-20(16-21)23-19-14-12-18(13-15-19)22-17-9-7-5-8-10-17/h5,7-10,12-15,20,22-23H,2-4,6,11,16H2,1H3. The van der Waals surface area contributed by atoms with Crippen LogP contribution in [0.3, 0.4) is 0 Å². The number of hydrogen-bond acceptors (Lipinski definition) is 2. The second kappa shape index (κ2) is 10.5. The molecule has 1 atom stereocenters. The molecule has 0 aromatic heterocycles. The first kappa shape index (κ1) is 18.1. The lowest BCUT2D eigenvalue weighted by Gasteiger charge is -2.18. The van der Waals surface area contributed by atoms with E-state index >= 15 is 0 Å². The van der Waals surface area contributed by atoms with Crippen LogP contribution in [0, 0.1) is 0 Å². The Labute approximate surface area is 154 Å². The SMILES string of the molecule is CCCCCCC(CI)Nc1ccc(Nc2ccccc2)cc1. The van der Waals surface area contributed by atoms with Crippen LogP contribution in [0.15, 0.2) is 54.6 Å². The molecule has 0 saturated heterocycles. The molecule has 0 amide bonds. The molecular formula is C20H27IN2. The zero-order valence-electron chi connectivity index (χ0n) is 13.9. The number of alkyl halides is 1. The van der Waals surface area contributed by atoms with Gasteiger partial charge in [-0.3, -0.25) is 0 Å². The van der Waals surface area contributed by atoms with Crippen LogP contribution in [0.4, 0.5) is 17.1 Å². The summed E-state index contributed by atoms with van der Waals surface area (Å²) in [6.07, 6.45) is 6.59. The van der Waals surface area contributed by atoms with Crippen molar-refractivity contribution in [3.05, 3.63) is 54.6 Å². The van der Waals surface area contributed by atoms with Crippen LogP contribution in [0.2, 0.25) is 0 Å². The van der Waals surface area contributed by atoms with Gasteiger partial charge in [-0.05, 0) is 42.8 Å². The number of hydrogen-bond donors (Lipinski definition) is 2. The minimum absolute atomic E-state index is 0.570.